The molecule has 0 spiro atoms. The van der Waals surface area contributed by atoms with Gasteiger partial charge in [-0.05, 0) is 42.5 Å². The molecule has 0 bridgehead atoms. The maximum absolute atomic E-state index is 6.41. The van der Waals surface area contributed by atoms with Gasteiger partial charge in [-0.25, -0.2) is 0 Å². The molecule has 2 rings (SSSR count). The summed E-state index contributed by atoms with van der Waals surface area (Å²) in [7, 11) is 1.69. The molecule has 0 amide bonds. The van der Waals surface area contributed by atoms with E-state index in [2.05, 4.69) is 22.0 Å². The van der Waals surface area contributed by atoms with Gasteiger partial charge in [-0.2, -0.15) is 0 Å². The largest absolute Gasteiger partial charge is 0.497 e. The first-order chi connectivity index (χ1) is 8.22. The predicted molar refractivity (Wildman–Crippen MR) is 74.2 cm³/mol. The lowest BCUT2D eigenvalue weighted by Gasteiger charge is -2.28. The fourth-order valence-corrected chi connectivity index (χ4v) is 3.16. The van der Waals surface area contributed by atoms with Crippen molar-refractivity contribution in [1.29, 1.82) is 0 Å². The summed E-state index contributed by atoms with van der Waals surface area (Å²) >= 11 is 3.59. The molecule has 2 N–H and O–H groups in total. The van der Waals surface area contributed by atoms with Crippen LogP contribution in [0.2, 0.25) is 0 Å². The third-order valence-corrected chi connectivity index (χ3v) is 4.44. The van der Waals surface area contributed by atoms with E-state index in [9.17, 15) is 0 Å². The Morgan fingerprint density at radius 3 is 2.65 bits per heavy atom. The van der Waals surface area contributed by atoms with Crippen molar-refractivity contribution in [3.8, 4) is 5.75 Å². The summed E-state index contributed by atoms with van der Waals surface area (Å²) in [5.41, 5.74) is 7.59. The molecule has 1 aliphatic rings. The third-order valence-electron chi connectivity index (χ3n) is 3.72. The van der Waals surface area contributed by atoms with Crippen LogP contribution in [0, 0.1) is 5.92 Å². The lowest BCUT2D eigenvalue weighted by atomic mass is 9.81. The number of methoxy groups -OCH3 is 1. The van der Waals surface area contributed by atoms with E-state index in [1.54, 1.807) is 7.11 Å². The van der Waals surface area contributed by atoms with Crippen molar-refractivity contribution in [1.82, 2.24) is 0 Å². The molecule has 3 heteroatoms. The summed E-state index contributed by atoms with van der Waals surface area (Å²) in [6.07, 6.45) is 6.51. The Hall–Kier alpha value is -0.540. The van der Waals surface area contributed by atoms with Crippen LogP contribution in [0.15, 0.2) is 22.7 Å². The molecule has 0 heterocycles. The van der Waals surface area contributed by atoms with Crippen molar-refractivity contribution >= 4 is 15.9 Å². The highest BCUT2D eigenvalue weighted by molar-refractivity contribution is 9.10. The zero-order valence-electron chi connectivity index (χ0n) is 10.3. The fraction of sp³-hybridized carbons (Fsp3) is 0.571. The van der Waals surface area contributed by atoms with Crippen LogP contribution in [0.5, 0.6) is 5.75 Å². The van der Waals surface area contributed by atoms with Gasteiger partial charge in [-0.15, -0.1) is 0 Å². The molecule has 94 valence electrons. The molecule has 0 aliphatic heterocycles. The highest BCUT2D eigenvalue weighted by atomic mass is 79.9. The first-order valence-corrected chi connectivity index (χ1v) is 7.10. The van der Waals surface area contributed by atoms with Crippen molar-refractivity contribution < 1.29 is 4.74 Å². The lowest BCUT2D eigenvalue weighted by Crippen LogP contribution is -2.23. The normalized spacial score (nSPS) is 19.0. The van der Waals surface area contributed by atoms with E-state index in [1.165, 1.54) is 37.7 Å². The molecule has 1 saturated carbocycles. The number of halogens is 1. The predicted octanol–water partition coefficient (Wildman–Crippen LogP) is 4.04. The summed E-state index contributed by atoms with van der Waals surface area (Å²) < 4.78 is 6.36. The average Bonchev–Trinajstić information content (AvgIpc) is 2.39. The van der Waals surface area contributed by atoms with E-state index >= 15 is 0 Å². The maximum atomic E-state index is 6.41. The Balaban J connectivity index is 2.19. The molecule has 1 aromatic rings. The Kier molecular flexibility index (Phi) is 4.46. The van der Waals surface area contributed by atoms with Crippen LogP contribution in [0.3, 0.4) is 0 Å². The molecular weight excluding hydrogens is 278 g/mol. The maximum Gasteiger partial charge on any atom is 0.119 e. The van der Waals surface area contributed by atoms with Gasteiger partial charge in [0.15, 0.2) is 0 Å². The summed E-state index contributed by atoms with van der Waals surface area (Å²) in [6.45, 7) is 0. The zero-order chi connectivity index (χ0) is 12.3. The zero-order valence-corrected chi connectivity index (χ0v) is 11.9. The molecule has 0 aromatic heterocycles. The molecule has 17 heavy (non-hydrogen) atoms. The monoisotopic (exact) mass is 297 g/mol. The highest BCUT2D eigenvalue weighted by Gasteiger charge is 2.23. The molecule has 1 atom stereocenters. The molecule has 0 radical (unpaired) electrons. The standard InChI is InChI=1S/C14H20BrNO/c1-17-11-7-8-13(15)12(9-11)14(16)10-5-3-2-4-6-10/h7-10,14H,2-6,16H2,1H3/t14-/m0/s1. The van der Waals surface area contributed by atoms with E-state index < -0.39 is 0 Å². The van der Waals surface area contributed by atoms with E-state index in [0.29, 0.717) is 5.92 Å². The van der Waals surface area contributed by atoms with Gasteiger partial charge in [-0.1, -0.05) is 35.2 Å². The van der Waals surface area contributed by atoms with Gasteiger partial charge in [0, 0.05) is 10.5 Å². The van der Waals surface area contributed by atoms with E-state index in [0.717, 1.165) is 10.2 Å². The van der Waals surface area contributed by atoms with Crippen LogP contribution < -0.4 is 10.5 Å². The van der Waals surface area contributed by atoms with Gasteiger partial charge >= 0.3 is 0 Å². The highest BCUT2D eigenvalue weighted by Crippen LogP contribution is 2.36. The van der Waals surface area contributed by atoms with Crippen molar-refractivity contribution in [3.05, 3.63) is 28.2 Å². The van der Waals surface area contributed by atoms with E-state index in [-0.39, 0.29) is 6.04 Å². The molecule has 0 unspecified atom stereocenters. The second-order valence-corrected chi connectivity index (χ2v) is 5.67. The topological polar surface area (TPSA) is 35.2 Å². The first kappa shape index (κ1) is 12.9. The first-order valence-electron chi connectivity index (χ1n) is 6.31. The van der Waals surface area contributed by atoms with Crippen molar-refractivity contribution in [2.75, 3.05) is 7.11 Å². The van der Waals surface area contributed by atoms with Crippen molar-refractivity contribution in [3.63, 3.8) is 0 Å². The van der Waals surface area contributed by atoms with E-state index in [1.807, 2.05) is 12.1 Å². The molecule has 1 aliphatic carbocycles. The Morgan fingerprint density at radius 2 is 2.00 bits per heavy atom. The van der Waals surface area contributed by atoms with Gasteiger partial charge in [0.1, 0.15) is 5.75 Å². The molecule has 2 nitrogen and oxygen atoms in total. The van der Waals surface area contributed by atoms with Gasteiger partial charge in [0.05, 0.1) is 7.11 Å². The van der Waals surface area contributed by atoms with Crippen LogP contribution in [0.25, 0.3) is 0 Å². The number of rotatable bonds is 3. The van der Waals surface area contributed by atoms with Crippen molar-refractivity contribution in [2.45, 2.75) is 38.1 Å². The molecule has 1 fully saturated rings. The van der Waals surface area contributed by atoms with Gasteiger partial charge in [0.2, 0.25) is 0 Å². The van der Waals surface area contributed by atoms with Crippen LogP contribution in [0.1, 0.15) is 43.7 Å². The minimum absolute atomic E-state index is 0.125. The van der Waals surface area contributed by atoms with Gasteiger partial charge < -0.3 is 10.5 Å². The summed E-state index contributed by atoms with van der Waals surface area (Å²) in [5.74, 6) is 1.50. The number of hydrogen-bond acceptors (Lipinski definition) is 2. The quantitative estimate of drug-likeness (QED) is 0.914. The van der Waals surface area contributed by atoms with Crippen LogP contribution in [0.4, 0.5) is 0 Å². The molecular formula is C14H20BrNO. The number of benzene rings is 1. The third kappa shape index (κ3) is 3.02. The van der Waals surface area contributed by atoms with Crippen LogP contribution in [-0.2, 0) is 0 Å². The smallest absolute Gasteiger partial charge is 0.119 e. The minimum atomic E-state index is 0.125. The van der Waals surface area contributed by atoms with Gasteiger partial charge in [0.25, 0.3) is 0 Å². The SMILES string of the molecule is COc1ccc(Br)c([C@@H](N)C2CCCCC2)c1. The number of nitrogens with two attached hydrogens (primary N) is 1. The summed E-state index contributed by atoms with van der Waals surface area (Å²) in [5, 5.41) is 0. The fourth-order valence-electron chi connectivity index (χ4n) is 2.65. The van der Waals surface area contributed by atoms with Crippen LogP contribution in [-0.4, -0.2) is 7.11 Å². The molecule has 1 aromatic carbocycles. The number of ether oxygens (including phenoxy) is 1. The van der Waals surface area contributed by atoms with Gasteiger partial charge in [-0.3, -0.25) is 0 Å². The molecule has 0 saturated heterocycles. The Bertz CT molecular complexity index is 374. The lowest BCUT2D eigenvalue weighted by molar-refractivity contribution is 0.307. The average molecular weight is 298 g/mol. The van der Waals surface area contributed by atoms with Crippen molar-refractivity contribution in [2.24, 2.45) is 11.7 Å². The second kappa shape index (κ2) is 5.87. The Morgan fingerprint density at radius 1 is 1.29 bits per heavy atom. The minimum Gasteiger partial charge on any atom is -0.497 e. The number of hydrogen-bond donors (Lipinski definition) is 1. The second-order valence-electron chi connectivity index (χ2n) is 4.81. The summed E-state index contributed by atoms with van der Waals surface area (Å²) in [6, 6.07) is 6.17. The van der Waals surface area contributed by atoms with Crippen LogP contribution >= 0.6 is 15.9 Å². The summed E-state index contributed by atoms with van der Waals surface area (Å²) in [4.78, 5) is 0. The Labute approximate surface area is 112 Å². The van der Waals surface area contributed by atoms with E-state index in [4.69, 9.17) is 10.5 Å².